The molecular formula is C17H28. The second-order valence-electron chi connectivity index (χ2n) is 5.62. The summed E-state index contributed by atoms with van der Waals surface area (Å²) < 4.78 is 0. The maximum absolute atomic E-state index is 2.41. The first-order valence-electron chi connectivity index (χ1n) is 6.74. The highest BCUT2D eigenvalue weighted by atomic mass is 14.4. The molecule has 0 N–H and O–H groups in total. The van der Waals surface area contributed by atoms with Crippen molar-refractivity contribution in [3.63, 3.8) is 0 Å². The van der Waals surface area contributed by atoms with Crippen LogP contribution in [0.25, 0.3) is 0 Å². The molecule has 0 radical (unpaired) electrons. The van der Waals surface area contributed by atoms with Gasteiger partial charge in [-0.05, 0) is 41.2 Å². The van der Waals surface area contributed by atoms with Crippen LogP contribution in [0.15, 0.2) is 24.3 Å². The lowest BCUT2D eigenvalue weighted by Crippen LogP contribution is -2.23. The van der Waals surface area contributed by atoms with E-state index in [0.717, 1.165) is 23.7 Å². The van der Waals surface area contributed by atoms with Crippen molar-refractivity contribution in [1.29, 1.82) is 0 Å². The van der Waals surface area contributed by atoms with Crippen molar-refractivity contribution in [2.45, 2.75) is 59.8 Å². The largest absolute Gasteiger partial charge is 0.0776 e. The van der Waals surface area contributed by atoms with E-state index >= 15 is 0 Å². The summed E-state index contributed by atoms with van der Waals surface area (Å²) in [5.41, 5.74) is 3.23. The van der Waals surface area contributed by atoms with Gasteiger partial charge in [0.25, 0.3) is 0 Å². The van der Waals surface area contributed by atoms with Gasteiger partial charge in [0.1, 0.15) is 0 Å². The Labute approximate surface area is 107 Å². The minimum atomic E-state index is 0. The summed E-state index contributed by atoms with van der Waals surface area (Å²) in [5.74, 6) is 3.16. The molecule has 0 bridgehead atoms. The minimum absolute atomic E-state index is 0. The van der Waals surface area contributed by atoms with Crippen LogP contribution in [0.4, 0.5) is 0 Å². The van der Waals surface area contributed by atoms with Crippen molar-refractivity contribution < 1.29 is 0 Å². The average Bonchev–Trinajstić information content (AvgIpc) is 2.33. The molecule has 0 nitrogen and oxygen atoms in total. The second kappa shape index (κ2) is 5.71. The van der Waals surface area contributed by atoms with Crippen LogP contribution < -0.4 is 0 Å². The van der Waals surface area contributed by atoms with Crippen molar-refractivity contribution in [3.05, 3.63) is 35.4 Å². The van der Waals surface area contributed by atoms with Crippen molar-refractivity contribution in [2.24, 2.45) is 11.8 Å². The topological polar surface area (TPSA) is 0 Å². The molecule has 0 spiro atoms. The molecule has 0 heterocycles. The van der Waals surface area contributed by atoms with Gasteiger partial charge < -0.3 is 0 Å². The maximum atomic E-state index is 2.41. The third-order valence-corrected chi connectivity index (χ3v) is 4.70. The van der Waals surface area contributed by atoms with Crippen molar-refractivity contribution in [3.8, 4) is 0 Å². The molecule has 17 heavy (non-hydrogen) atoms. The first-order valence-corrected chi connectivity index (χ1v) is 6.74. The number of hydrogen-bond donors (Lipinski definition) is 0. The lowest BCUT2D eigenvalue weighted by atomic mass is 9.67. The van der Waals surface area contributed by atoms with E-state index in [1.165, 1.54) is 12.8 Å². The first-order chi connectivity index (χ1) is 7.65. The SMILES string of the molecule is C.CCC(C)C1CC(C)C(C)c2ccccc21. The summed E-state index contributed by atoms with van der Waals surface area (Å²) in [5, 5.41) is 0. The smallest absolute Gasteiger partial charge is 0.0131 e. The Hall–Kier alpha value is -0.780. The van der Waals surface area contributed by atoms with Crippen molar-refractivity contribution in [1.82, 2.24) is 0 Å². The Bertz CT molecular complexity index is 353. The Morgan fingerprint density at radius 2 is 1.76 bits per heavy atom. The molecule has 0 saturated heterocycles. The summed E-state index contributed by atoms with van der Waals surface area (Å²) in [6.07, 6.45) is 2.66. The molecule has 1 aliphatic carbocycles. The summed E-state index contributed by atoms with van der Waals surface area (Å²) in [6.45, 7) is 9.52. The van der Waals surface area contributed by atoms with E-state index in [1.54, 1.807) is 11.1 Å². The molecule has 1 aromatic rings. The Morgan fingerprint density at radius 3 is 2.35 bits per heavy atom. The zero-order valence-electron chi connectivity index (χ0n) is 11.0. The van der Waals surface area contributed by atoms with Gasteiger partial charge >= 0.3 is 0 Å². The predicted octanol–water partition coefficient (Wildman–Crippen LogP) is 5.60. The van der Waals surface area contributed by atoms with Gasteiger partial charge in [-0.3, -0.25) is 0 Å². The molecule has 0 saturated carbocycles. The monoisotopic (exact) mass is 232 g/mol. The molecule has 4 unspecified atom stereocenters. The van der Waals surface area contributed by atoms with E-state index in [0.29, 0.717) is 0 Å². The van der Waals surface area contributed by atoms with Crippen molar-refractivity contribution in [2.75, 3.05) is 0 Å². The average molecular weight is 232 g/mol. The first kappa shape index (κ1) is 14.3. The molecule has 2 rings (SSSR count). The van der Waals surface area contributed by atoms with Gasteiger partial charge in [0.05, 0.1) is 0 Å². The Kier molecular flexibility index (Phi) is 4.80. The third-order valence-electron chi connectivity index (χ3n) is 4.70. The van der Waals surface area contributed by atoms with Crippen LogP contribution in [0, 0.1) is 11.8 Å². The normalized spacial score (nSPS) is 29.1. The van der Waals surface area contributed by atoms with Crippen LogP contribution in [0.2, 0.25) is 0 Å². The summed E-state index contributed by atoms with van der Waals surface area (Å²) in [7, 11) is 0. The molecule has 0 aliphatic heterocycles. The highest BCUT2D eigenvalue weighted by Gasteiger charge is 2.31. The highest BCUT2D eigenvalue weighted by Crippen LogP contribution is 2.45. The minimum Gasteiger partial charge on any atom is -0.0776 e. The molecule has 1 aromatic carbocycles. The number of rotatable bonds is 2. The summed E-state index contributed by atoms with van der Waals surface area (Å²) in [6, 6.07) is 9.09. The van der Waals surface area contributed by atoms with Crippen LogP contribution in [0.5, 0.6) is 0 Å². The van der Waals surface area contributed by atoms with Crippen LogP contribution >= 0.6 is 0 Å². The third kappa shape index (κ3) is 2.56. The number of benzene rings is 1. The van der Waals surface area contributed by atoms with Gasteiger partial charge in [-0.15, -0.1) is 0 Å². The quantitative estimate of drug-likeness (QED) is 0.623. The summed E-state index contributed by atoms with van der Waals surface area (Å²) in [4.78, 5) is 0. The predicted molar refractivity (Wildman–Crippen MR) is 77.6 cm³/mol. The van der Waals surface area contributed by atoms with E-state index in [1.807, 2.05) is 0 Å². The van der Waals surface area contributed by atoms with Gasteiger partial charge in [0, 0.05) is 0 Å². The van der Waals surface area contributed by atoms with Crippen LogP contribution in [-0.2, 0) is 0 Å². The standard InChI is InChI=1S/C16H24.CH4/c1-5-11(2)16-10-12(3)13(4)14-8-6-7-9-15(14)16;/h6-9,11-13,16H,5,10H2,1-4H3;1H4. The van der Waals surface area contributed by atoms with E-state index in [9.17, 15) is 0 Å². The second-order valence-corrected chi connectivity index (χ2v) is 5.62. The highest BCUT2D eigenvalue weighted by molar-refractivity contribution is 5.36. The fourth-order valence-electron chi connectivity index (χ4n) is 3.12. The van der Waals surface area contributed by atoms with Crippen LogP contribution in [-0.4, -0.2) is 0 Å². The van der Waals surface area contributed by atoms with Gasteiger partial charge in [-0.1, -0.05) is 65.8 Å². The van der Waals surface area contributed by atoms with Gasteiger partial charge in [-0.2, -0.15) is 0 Å². The molecule has 4 atom stereocenters. The van der Waals surface area contributed by atoms with Gasteiger partial charge in [-0.25, -0.2) is 0 Å². The molecular weight excluding hydrogens is 204 g/mol. The van der Waals surface area contributed by atoms with Gasteiger partial charge in [0.2, 0.25) is 0 Å². The molecule has 0 fully saturated rings. The number of hydrogen-bond acceptors (Lipinski definition) is 0. The van der Waals surface area contributed by atoms with E-state index < -0.39 is 0 Å². The molecule has 96 valence electrons. The van der Waals surface area contributed by atoms with Crippen LogP contribution in [0.1, 0.15) is 70.9 Å². The van der Waals surface area contributed by atoms with Gasteiger partial charge in [0.15, 0.2) is 0 Å². The van der Waals surface area contributed by atoms with E-state index in [4.69, 9.17) is 0 Å². The molecule has 0 amide bonds. The Morgan fingerprint density at radius 1 is 1.18 bits per heavy atom. The number of fused-ring (bicyclic) bond motifs is 1. The van der Waals surface area contributed by atoms with E-state index in [-0.39, 0.29) is 7.43 Å². The van der Waals surface area contributed by atoms with E-state index in [2.05, 4.69) is 52.0 Å². The summed E-state index contributed by atoms with van der Waals surface area (Å²) >= 11 is 0. The lowest BCUT2D eigenvalue weighted by Gasteiger charge is -2.37. The van der Waals surface area contributed by atoms with Crippen molar-refractivity contribution >= 4 is 0 Å². The zero-order valence-corrected chi connectivity index (χ0v) is 11.0. The fourth-order valence-corrected chi connectivity index (χ4v) is 3.12. The fraction of sp³-hybridized carbons (Fsp3) is 0.647. The molecule has 0 aromatic heterocycles. The lowest BCUT2D eigenvalue weighted by molar-refractivity contribution is 0.311. The molecule has 0 heteroatoms. The van der Waals surface area contributed by atoms with Crippen LogP contribution in [0.3, 0.4) is 0 Å². The Balaban J connectivity index is 0.00000144. The zero-order chi connectivity index (χ0) is 11.7. The molecule has 1 aliphatic rings. The maximum Gasteiger partial charge on any atom is -0.0131 e.